The van der Waals surface area contributed by atoms with Crippen molar-refractivity contribution in [3.05, 3.63) is 92.4 Å². The highest BCUT2D eigenvalue weighted by Crippen LogP contribution is 2.32. The lowest BCUT2D eigenvalue weighted by molar-refractivity contribution is 0.101. The van der Waals surface area contributed by atoms with Crippen LogP contribution in [0.2, 0.25) is 5.02 Å². The van der Waals surface area contributed by atoms with Crippen molar-refractivity contribution < 1.29 is 22.0 Å². The lowest BCUT2D eigenvalue weighted by Gasteiger charge is -2.24. The van der Waals surface area contributed by atoms with Crippen LogP contribution in [0, 0.1) is 12.7 Å². The predicted molar refractivity (Wildman–Crippen MR) is 117 cm³/mol. The minimum atomic E-state index is -4.47. The number of fused-ring (bicyclic) bond motifs is 1. The van der Waals surface area contributed by atoms with E-state index < -0.39 is 26.7 Å². The Morgan fingerprint density at radius 2 is 1.84 bits per heavy atom. The van der Waals surface area contributed by atoms with Crippen molar-refractivity contribution in [3.8, 4) is 0 Å². The molecule has 0 aliphatic heterocycles. The van der Waals surface area contributed by atoms with Gasteiger partial charge in [0.2, 0.25) is 0 Å². The van der Waals surface area contributed by atoms with Gasteiger partial charge in [-0.25, -0.2) is 17.6 Å². The maximum absolute atomic E-state index is 13.6. The summed E-state index contributed by atoms with van der Waals surface area (Å²) in [6.07, 6.45) is 0. The molecule has 31 heavy (non-hydrogen) atoms. The van der Waals surface area contributed by atoms with Crippen molar-refractivity contribution in [1.29, 1.82) is 0 Å². The van der Waals surface area contributed by atoms with Gasteiger partial charge in [-0.15, -0.1) is 0 Å². The van der Waals surface area contributed by atoms with Gasteiger partial charge in [0.25, 0.3) is 15.9 Å². The summed E-state index contributed by atoms with van der Waals surface area (Å²) in [5, 5.41) is 0.0672. The minimum Gasteiger partial charge on any atom is -0.414 e. The molecule has 4 aromatic rings. The molecule has 0 atom stereocenters. The fourth-order valence-corrected chi connectivity index (χ4v) is 5.63. The molecule has 0 aliphatic carbocycles. The summed E-state index contributed by atoms with van der Waals surface area (Å²) in [7, 11) is -4.47. The van der Waals surface area contributed by atoms with E-state index in [4.69, 9.17) is 16.0 Å². The van der Waals surface area contributed by atoms with Crippen LogP contribution in [-0.2, 0) is 10.0 Å². The van der Waals surface area contributed by atoms with Crippen LogP contribution < -0.4 is 9.24 Å². The van der Waals surface area contributed by atoms with Crippen molar-refractivity contribution in [3.63, 3.8) is 0 Å². The molecule has 0 saturated carbocycles. The summed E-state index contributed by atoms with van der Waals surface area (Å²) in [6.45, 7) is 1.43. The first-order valence-corrected chi connectivity index (χ1v) is 11.5. The first-order valence-electron chi connectivity index (χ1n) is 8.82. The van der Waals surface area contributed by atoms with Crippen LogP contribution in [0.5, 0.6) is 0 Å². The van der Waals surface area contributed by atoms with Gasteiger partial charge in [0.1, 0.15) is 11.4 Å². The SMILES string of the molecule is Cc1cc(F)ccc1S(=O)(=O)N(C(=O)c1ccccc1Cl)c1ccc2oc(=O)sc2c1. The first kappa shape index (κ1) is 21.2. The van der Waals surface area contributed by atoms with Crippen molar-refractivity contribution in [2.24, 2.45) is 0 Å². The van der Waals surface area contributed by atoms with Gasteiger partial charge in [-0.2, -0.15) is 4.31 Å². The quantitative estimate of drug-likeness (QED) is 0.413. The van der Waals surface area contributed by atoms with Gasteiger partial charge >= 0.3 is 4.94 Å². The van der Waals surface area contributed by atoms with E-state index in [0.29, 0.717) is 9.01 Å². The van der Waals surface area contributed by atoms with Crippen molar-refractivity contribution in [1.82, 2.24) is 0 Å². The number of amides is 1. The number of aryl methyl sites for hydroxylation is 1. The third-order valence-corrected chi connectivity index (χ3v) is 7.48. The van der Waals surface area contributed by atoms with E-state index in [1.807, 2.05) is 0 Å². The molecule has 0 saturated heterocycles. The highest BCUT2D eigenvalue weighted by molar-refractivity contribution is 7.93. The minimum absolute atomic E-state index is 0.0156. The molecule has 0 spiro atoms. The molecule has 0 fully saturated rings. The normalized spacial score (nSPS) is 11.6. The number of rotatable bonds is 4. The van der Waals surface area contributed by atoms with Crippen LogP contribution in [-0.4, -0.2) is 14.3 Å². The number of carbonyl (C=O) groups excluding carboxylic acids is 1. The Bertz CT molecular complexity index is 1490. The Balaban J connectivity index is 1.96. The average Bonchev–Trinajstić information content (AvgIpc) is 3.07. The fraction of sp³-hybridized carbons (Fsp3) is 0.0476. The standard InChI is InChI=1S/C21H13ClFNO5S2/c1-12-10-13(23)6-9-19(12)31(27,28)24(20(25)15-4-2-3-5-16(15)22)14-7-8-17-18(11-14)30-21(26)29-17/h2-11H,1H3. The first-order chi connectivity index (χ1) is 14.7. The zero-order chi connectivity index (χ0) is 22.3. The number of hydrogen-bond acceptors (Lipinski definition) is 6. The van der Waals surface area contributed by atoms with Gasteiger partial charge in [-0.3, -0.25) is 4.79 Å². The number of nitrogens with zero attached hydrogens (tertiary/aromatic N) is 1. The molecule has 4 rings (SSSR count). The average molecular weight is 478 g/mol. The molecule has 3 aromatic carbocycles. The zero-order valence-electron chi connectivity index (χ0n) is 15.8. The largest absolute Gasteiger partial charge is 0.414 e. The molecule has 10 heteroatoms. The van der Waals surface area contributed by atoms with Crippen LogP contribution in [0.25, 0.3) is 10.3 Å². The summed E-state index contributed by atoms with van der Waals surface area (Å²) in [4.78, 5) is 24.2. The fourth-order valence-electron chi connectivity index (χ4n) is 3.10. The lowest BCUT2D eigenvalue weighted by atomic mass is 10.2. The molecular formula is C21H13ClFNO5S2. The number of carbonyl (C=O) groups is 1. The Hall–Kier alpha value is -3.01. The molecule has 6 nitrogen and oxygen atoms in total. The summed E-state index contributed by atoms with van der Waals surface area (Å²) in [5.41, 5.74) is 0.344. The van der Waals surface area contributed by atoms with E-state index >= 15 is 0 Å². The number of sulfonamides is 1. The Labute approximate surface area is 185 Å². The zero-order valence-corrected chi connectivity index (χ0v) is 18.2. The Morgan fingerprint density at radius 3 is 2.55 bits per heavy atom. The highest BCUT2D eigenvalue weighted by atomic mass is 35.5. The van der Waals surface area contributed by atoms with Crippen LogP contribution in [0.3, 0.4) is 0 Å². The molecule has 0 bridgehead atoms. The van der Waals surface area contributed by atoms with Gasteiger partial charge in [-0.05, 0) is 61.0 Å². The Kier molecular flexibility index (Phi) is 5.42. The molecule has 1 aromatic heterocycles. The molecule has 0 radical (unpaired) electrons. The van der Waals surface area contributed by atoms with E-state index in [1.54, 1.807) is 12.1 Å². The summed E-state index contributed by atoms with van der Waals surface area (Å²) < 4.78 is 46.7. The summed E-state index contributed by atoms with van der Waals surface area (Å²) >= 11 is 6.93. The van der Waals surface area contributed by atoms with Crippen molar-refractivity contribution >= 4 is 54.8 Å². The van der Waals surface area contributed by atoms with Gasteiger partial charge in [0.05, 0.1) is 25.9 Å². The van der Waals surface area contributed by atoms with Gasteiger partial charge in [0, 0.05) is 0 Å². The van der Waals surface area contributed by atoms with E-state index in [-0.39, 0.29) is 32.3 Å². The van der Waals surface area contributed by atoms with Gasteiger partial charge < -0.3 is 4.42 Å². The second-order valence-electron chi connectivity index (χ2n) is 6.55. The van der Waals surface area contributed by atoms with Crippen molar-refractivity contribution in [2.45, 2.75) is 11.8 Å². The van der Waals surface area contributed by atoms with Gasteiger partial charge in [-0.1, -0.05) is 35.1 Å². The second kappa shape index (κ2) is 7.92. The molecule has 0 unspecified atom stereocenters. The molecule has 1 amide bonds. The van der Waals surface area contributed by atoms with Gasteiger partial charge in [0.15, 0.2) is 0 Å². The maximum Gasteiger partial charge on any atom is 0.396 e. The third kappa shape index (κ3) is 3.87. The van der Waals surface area contributed by atoms with Crippen LogP contribution >= 0.6 is 22.9 Å². The van der Waals surface area contributed by atoms with Crippen molar-refractivity contribution in [2.75, 3.05) is 4.31 Å². The van der Waals surface area contributed by atoms with E-state index in [0.717, 1.165) is 29.5 Å². The Morgan fingerprint density at radius 1 is 1.10 bits per heavy atom. The summed E-state index contributed by atoms with van der Waals surface area (Å²) in [5.74, 6) is -1.51. The number of benzene rings is 3. The molecule has 0 N–H and O–H groups in total. The predicted octanol–water partition coefficient (Wildman–Crippen LogP) is 4.99. The summed E-state index contributed by atoms with van der Waals surface area (Å²) in [6, 6.07) is 13.3. The number of hydrogen-bond donors (Lipinski definition) is 0. The maximum atomic E-state index is 13.6. The number of halogens is 2. The number of anilines is 1. The van der Waals surface area contributed by atoms with Crippen LogP contribution in [0.15, 0.2) is 74.8 Å². The molecular weight excluding hydrogens is 465 g/mol. The smallest absolute Gasteiger partial charge is 0.396 e. The van der Waals surface area contributed by atoms with E-state index in [9.17, 15) is 22.4 Å². The monoisotopic (exact) mass is 477 g/mol. The van der Waals surface area contributed by atoms with E-state index in [1.165, 1.54) is 37.3 Å². The third-order valence-electron chi connectivity index (χ3n) is 4.49. The van der Waals surface area contributed by atoms with E-state index in [2.05, 4.69) is 0 Å². The molecule has 158 valence electrons. The van der Waals surface area contributed by atoms with Crippen LogP contribution in [0.4, 0.5) is 10.1 Å². The topological polar surface area (TPSA) is 84.7 Å². The van der Waals surface area contributed by atoms with Crippen LogP contribution in [0.1, 0.15) is 15.9 Å². The molecule has 1 heterocycles. The lowest BCUT2D eigenvalue weighted by Crippen LogP contribution is -2.37. The second-order valence-corrected chi connectivity index (χ2v) is 9.69. The highest BCUT2D eigenvalue weighted by Gasteiger charge is 2.34. The molecule has 0 aliphatic rings.